The molecule has 0 saturated heterocycles. The summed E-state index contributed by atoms with van der Waals surface area (Å²) >= 11 is 0. The summed E-state index contributed by atoms with van der Waals surface area (Å²) in [6, 6.07) is 10.2. The summed E-state index contributed by atoms with van der Waals surface area (Å²) in [5, 5.41) is 12.1. The number of hydrogen-bond acceptors (Lipinski definition) is 7. The fourth-order valence-corrected chi connectivity index (χ4v) is 6.33. The molecule has 1 aromatic carbocycles. The number of sulfonamides is 1. The van der Waals surface area contributed by atoms with Crippen LogP contribution in [0.4, 0.5) is 10.1 Å². The van der Waals surface area contributed by atoms with Crippen LogP contribution >= 0.6 is 0 Å². The minimum Gasteiger partial charge on any atom is -0.352 e. The number of amides is 1. The predicted octanol–water partition coefficient (Wildman–Crippen LogP) is 5.55. The number of carbonyl (C=O) groups is 1. The lowest BCUT2D eigenvalue weighted by molar-refractivity contribution is -0.119. The second kappa shape index (κ2) is 11.5. The zero-order valence-corrected chi connectivity index (χ0v) is 25.1. The van der Waals surface area contributed by atoms with Crippen molar-refractivity contribution in [2.24, 2.45) is 5.92 Å². The molecular formula is C32H29FN8O3S. The number of hydrogen-bond donors (Lipinski definition) is 4. The largest absolute Gasteiger partial charge is 0.352 e. The zero-order valence-electron chi connectivity index (χ0n) is 24.3. The van der Waals surface area contributed by atoms with Crippen LogP contribution in [0.5, 0.6) is 0 Å². The maximum absolute atomic E-state index is 14.6. The number of aromatic amines is 2. The van der Waals surface area contributed by atoms with Gasteiger partial charge >= 0.3 is 0 Å². The number of nitrogens with one attached hydrogen (secondary N) is 4. The summed E-state index contributed by atoms with van der Waals surface area (Å²) in [5.74, 6) is -0.406. The number of rotatable bonds is 8. The highest BCUT2D eigenvalue weighted by Gasteiger charge is 2.23. The lowest BCUT2D eigenvalue weighted by atomic mass is 10.0. The molecule has 1 aliphatic rings. The smallest absolute Gasteiger partial charge is 0.227 e. The van der Waals surface area contributed by atoms with Crippen molar-refractivity contribution in [2.45, 2.75) is 32.2 Å². The quantitative estimate of drug-likeness (QED) is 0.173. The number of carbonyl (C=O) groups excluding carboxylic acids is 1. The SMILES string of the molecule is CS(=O)(=O)NCc1cc(F)cc(-c2cncc3[nH]c(-c4n[nH]c5ncc(-c6cncc(NC(=O)C7CCCC7)c6)cc45)cc23)c1. The number of anilines is 1. The average Bonchev–Trinajstić information content (AvgIpc) is 3.79. The molecule has 1 fully saturated rings. The molecule has 1 amide bonds. The zero-order chi connectivity index (χ0) is 31.1. The summed E-state index contributed by atoms with van der Waals surface area (Å²) in [5.41, 5.74) is 6.63. The van der Waals surface area contributed by atoms with Gasteiger partial charge in [0.2, 0.25) is 15.9 Å². The van der Waals surface area contributed by atoms with Gasteiger partial charge in [-0.15, -0.1) is 0 Å². The fraction of sp³-hybridized carbons (Fsp3) is 0.219. The first kappa shape index (κ1) is 28.7. The van der Waals surface area contributed by atoms with Gasteiger partial charge in [-0.2, -0.15) is 5.10 Å². The van der Waals surface area contributed by atoms with Crippen LogP contribution in [0.15, 0.2) is 67.4 Å². The van der Waals surface area contributed by atoms with Crippen molar-refractivity contribution < 1.29 is 17.6 Å². The Morgan fingerprint density at radius 3 is 2.56 bits per heavy atom. The molecule has 13 heteroatoms. The van der Waals surface area contributed by atoms with Crippen molar-refractivity contribution >= 4 is 43.6 Å². The summed E-state index contributed by atoms with van der Waals surface area (Å²) in [6.45, 7) is -0.0364. The van der Waals surface area contributed by atoms with Crippen LogP contribution in [0.1, 0.15) is 31.2 Å². The van der Waals surface area contributed by atoms with E-state index in [2.05, 4.69) is 40.2 Å². The molecule has 1 aliphatic carbocycles. The third-order valence-corrected chi connectivity index (χ3v) is 8.76. The number of halogens is 1. The predicted molar refractivity (Wildman–Crippen MR) is 170 cm³/mol. The molecule has 4 N–H and O–H groups in total. The van der Waals surface area contributed by atoms with Gasteiger partial charge in [-0.25, -0.2) is 22.5 Å². The van der Waals surface area contributed by atoms with Crippen molar-refractivity contribution in [3.05, 3.63) is 78.8 Å². The van der Waals surface area contributed by atoms with E-state index in [0.29, 0.717) is 39.4 Å². The third-order valence-electron chi connectivity index (χ3n) is 8.09. The van der Waals surface area contributed by atoms with Crippen LogP contribution in [0.25, 0.3) is 55.6 Å². The number of H-pyrrole nitrogens is 2. The molecule has 5 heterocycles. The summed E-state index contributed by atoms with van der Waals surface area (Å²) in [7, 11) is -3.44. The van der Waals surface area contributed by atoms with Gasteiger partial charge in [0.25, 0.3) is 0 Å². The van der Waals surface area contributed by atoms with Gasteiger partial charge in [0, 0.05) is 58.5 Å². The first-order chi connectivity index (χ1) is 21.7. The fourth-order valence-electron chi connectivity index (χ4n) is 5.90. The van der Waals surface area contributed by atoms with Crippen LogP contribution < -0.4 is 10.0 Å². The molecule has 0 atom stereocenters. The highest BCUT2D eigenvalue weighted by molar-refractivity contribution is 7.88. The van der Waals surface area contributed by atoms with Crippen molar-refractivity contribution in [2.75, 3.05) is 11.6 Å². The molecule has 0 spiro atoms. The molecule has 6 aromatic rings. The van der Waals surface area contributed by atoms with E-state index >= 15 is 0 Å². The Bertz CT molecular complexity index is 2190. The first-order valence-electron chi connectivity index (χ1n) is 14.5. The molecule has 11 nitrogen and oxygen atoms in total. The van der Waals surface area contributed by atoms with Gasteiger partial charge in [0.1, 0.15) is 11.5 Å². The summed E-state index contributed by atoms with van der Waals surface area (Å²) < 4.78 is 40.2. The maximum atomic E-state index is 14.6. The van der Waals surface area contributed by atoms with Crippen molar-refractivity contribution in [1.29, 1.82) is 0 Å². The van der Waals surface area contributed by atoms with Crippen molar-refractivity contribution in [3.63, 3.8) is 0 Å². The molecular weight excluding hydrogens is 595 g/mol. The Morgan fingerprint density at radius 1 is 0.933 bits per heavy atom. The molecule has 1 saturated carbocycles. The van der Waals surface area contributed by atoms with E-state index in [1.54, 1.807) is 37.1 Å². The minimum atomic E-state index is -3.44. The normalized spacial score (nSPS) is 14.0. The monoisotopic (exact) mass is 624 g/mol. The van der Waals surface area contributed by atoms with Crippen LogP contribution in [-0.4, -0.2) is 50.7 Å². The molecule has 5 aromatic heterocycles. The molecule has 0 aliphatic heterocycles. The summed E-state index contributed by atoms with van der Waals surface area (Å²) in [4.78, 5) is 29.3. The van der Waals surface area contributed by atoms with Crippen molar-refractivity contribution in [3.8, 4) is 33.6 Å². The first-order valence-corrected chi connectivity index (χ1v) is 16.4. The molecule has 0 radical (unpaired) electrons. The van der Waals surface area contributed by atoms with E-state index in [9.17, 15) is 17.6 Å². The molecule has 0 unspecified atom stereocenters. The van der Waals surface area contributed by atoms with Gasteiger partial charge in [-0.3, -0.25) is 19.9 Å². The lowest BCUT2D eigenvalue weighted by Gasteiger charge is -2.11. The van der Waals surface area contributed by atoms with Gasteiger partial charge in [0.15, 0.2) is 5.65 Å². The molecule has 7 rings (SSSR count). The molecule has 0 bridgehead atoms. The van der Waals surface area contributed by atoms with Crippen LogP contribution in [0, 0.1) is 11.7 Å². The third kappa shape index (κ3) is 6.04. The van der Waals surface area contributed by atoms with E-state index in [0.717, 1.165) is 59.4 Å². The highest BCUT2D eigenvalue weighted by Crippen LogP contribution is 2.35. The van der Waals surface area contributed by atoms with Crippen LogP contribution in [0.2, 0.25) is 0 Å². The number of benzene rings is 1. The van der Waals surface area contributed by atoms with Gasteiger partial charge in [-0.1, -0.05) is 12.8 Å². The summed E-state index contributed by atoms with van der Waals surface area (Å²) in [6.07, 6.45) is 13.5. The Hall–Kier alpha value is -5.01. The second-order valence-electron chi connectivity index (χ2n) is 11.4. The van der Waals surface area contributed by atoms with Gasteiger partial charge in [0.05, 0.1) is 35.5 Å². The Labute approximate surface area is 257 Å². The van der Waals surface area contributed by atoms with E-state index in [4.69, 9.17) is 0 Å². The lowest BCUT2D eigenvalue weighted by Crippen LogP contribution is -2.21. The maximum Gasteiger partial charge on any atom is 0.227 e. The second-order valence-corrected chi connectivity index (χ2v) is 13.2. The minimum absolute atomic E-state index is 0.0323. The highest BCUT2D eigenvalue weighted by atomic mass is 32.2. The van der Waals surface area contributed by atoms with E-state index in [1.165, 1.54) is 12.1 Å². The van der Waals surface area contributed by atoms with Crippen molar-refractivity contribution in [1.82, 2.24) is 34.9 Å². The topological polar surface area (TPSA) is 158 Å². The number of fused-ring (bicyclic) bond motifs is 2. The Morgan fingerprint density at radius 2 is 1.73 bits per heavy atom. The Kier molecular flexibility index (Phi) is 7.34. The van der Waals surface area contributed by atoms with Gasteiger partial charge in [-0.05, 0) is 60.4 Å². The molecule has 228 valence electrons. The number of nitrogens with zero attached hydrogens (tertiary/aromatic N) is 4. The van der Waals surface area contributed by atoms with E-state index in [-0.39, 0.29) is 18.4 Å². The van der Waals surface area contributed by atoms with E-state index < -0.39 is 15.8 Å². The Balaban J connectivity index is 1.22. The number of aromatic nitrogens is 6. The van der Waals surface area contributed by atoms with E-state index in [1.807, 2.05) is 18.2 Å². The standard InChI is InChI=1S/C32H29FN8O3S/c1-45(43,44)37-12-18-6-20(8-23(33)7-18)27-16-35-17-29-25(27)11-28(39-29)30-26-10-22(14-36-31(26)41-40-30)21-9-24(15-34-13-21)38-32(42)19-4-2-3-5-19/h6-11,13-17,19,37,39H,2-5,12H2,1H3,(H,38,42)(H,36,40,41). The van der Waals surface area contributed by atoms with Crippen LogP contribution in [0.3, 0.4) is 0 Å². The molecule has 45 heavy (non-hydrogen) atoms. The average molecular weight is 625 g/mol. The van der Waals surface area contributed by atoms with Crippen LogP contribution in [-0.2, 0) is 21.4 Å². The van der Waals surface area contributed by atoms with Gasteiger partial charge < -0.3 is 10.3 Å². The number of pyridine rings is 3.